The first-order valence-corrected chi connectivity index (χ1v) is 5.78. The smallest absolute Gasteiger partial charge is 0.381 e. The maximum absolute atomic E-state index is 11.7. The fourth-order valence-electron chi connectivity index (χ4n) is 0.905. The molecule has 1 nitrogen and oxygen atoms in total. The highest BCUT2D eigenvalue weighted by molar-refractivity contribution is 9.09. The van der Waals surface area contributed by atoms with Gasteiger partial charge in [-0.25, -0.2) is 0 Å². The average molecular weight is 277 g/mol. The molecule has 0 bridgehead atoms. The summed E-state index contributed by atoms with van der Waals surface area (Å²) in [6, 6.07) is 0. The highest BCUT2D eigenvalue weighted by Gasteiger charge is 2.26. The molecule has 1 atom stereocenters. The van der Waals surface area contributed by atoms with Gasteiger partial charge >= 0.3 is 6.18 Å². The molecule has 0 fully saturated rings. The number of halogens is 4. The molecule has 0 amide bonds. The van der Waals surface area contributed by atoms with Gasteiger partial charge in [-0.3, -0.25) is 0 Å². The summed E-state index contributed by atoms with van der Waals surface area (Å²) in [6.45, 7) is 2.27. The van der Waals surface area contributed by atoms with Gasteiger partial charge in [-0.15, -0.1) is 0 Å². The molecule has 0 aliphatic heterocycles. The zero-order valence-corrected chi connectivity index (χ0v) is 9.83. The van der Waals surface area contributed by atoms with Crippen LogP contribution in [-0.4, -0.2) is 24.7 Å². The number of rotatable bonds is 7. The van der Waals surface area contributed by atoms with Crippen LogP contribution in [-0.2, 0) is 4.74 Å². The Morgan fingerprint density at radius 3 is 2.36 bits per heavy atom. The van der Waals surface area contributed by atoms with Crippen LogP contribution in [0.25, 0.3) is 0 Å². The summed E-state index contributed by atoms with van der Waals surface area (Å²) in [5.41, 5.74) is 0. The zero-order valence-electron chi connectivity index (χ0n) is 8.24. The fourth-order valence-corrected chi connectivity index (χ4v) is 1.69. The summed E-state index contributed by atoms with van der Waals surface area (Å²) in [7, 11) is 0. The van der Waals surface area contributed by atoms with E-state index in [0.717, 1.165) is 18.2 Å². The van der Waals surface area contributed by atoms with Crippen LogP contribution in [0.2, 0.25) is 0 Å². The maximum atomic E-state index is 11.7. The number of ether oxygens (including phenoxy) is 1. The van der Waals surface area contributed by atoms with Crippen molar-refractivity contribution in [3.63, 3.8) is 0 Å². The normalized spacial score (nSPS) is 14.4. The van der Waals surface area contributed by atoms with Gasteiger partial charge in [-0.05, 0) is 18.8 Å². The Morgan fingerprint density at radius 1 is 1.21 bits per heavy atom. The molecule has 86 valence electrons. The monoisotopic (exact) mass is 276 g/mol. The lowest BCUT2D eigenvalue weighted by Crippen LogP contribution is -2.12. The van der Waals surface area contributed by atoms with Gasteiger partial charge in [-0.2, -0.15) is 13.2 Å². The third-order valence-electron chi connectivity index (χ3n) is 1.89. The Kier molecular flexibility index (Phi) is 7.64. The van der Waals surface area contributed by atoms with Crippen molar-refractivity contribution in [3.05, 3.63) is 0 Å². The summed E-state index contributed by atoms with van der Waals surface area (Å²) in [6.07, 6.45) is -3.09. The molecule has 0 aromatic heterocycles. The topological polar surface area (TPSA) is 9.23 Å². The fraction of sp³-hybridized carbons (Fsp3) is 1.00. The number of alkyl halides is 4. The molecule has 0 spiro atoms. The van der Waals surface area contributed by atoms with E-state index in [0.29, 0.717) is 12.5 Å². The van der Waals surface area contributed by atoms with E-state index in [1.165, 1.54) is 0 Å². The Labute approximate surface area is 91.1 Å². The Balaban J connectivity index is 3.21. The lowest BCUT2D eigenvalue weighted by atomic mass is 10.1. The highest BCUT2D eigenvalue weighted by Crippen LogP contribution is 2.19. The number of hydrogen-bond acceptors (Lipinski definition) is 1. The van der Waals surface area contributed by atoms with Crippen molar-refractivity contribution in [1.82, 2.24) is 0 Å². The molecule has 1 unspecified atom stereocenters. The molecule has 0 heterocycles. The van der Waals surface area contributed by atoms with E-state index in [2.05, 4.69) is 22.9 Å². The molecular weight excluding hydrogens is 261 g/mol. The summed E-state index contributed by atoms with van der Waals surface area (Å²) in [5, 5.41) is 0.927. The molecule has 0 saturated carbocycles. The first kappa shape index (κ1) is 14.2. The summed E-state index contributed by atoms with van der Waals surface area (Å²) >= 11 is 3.31. The van der Waals surface area contributed by atoms with Crippen LogP contribution in [0.4, 0.5) is 13.2 Å². The molecule has 0 rings (SSSR count). The van der Waals surface area contributed by atoms with E-state index in [1.54, 1.807) is 0 Å². The minimum Gasteiger partial charge on any atom is -0.381 e. The second-order valence-electron chi connectivity index (χ2n) is 3.35. The average Bonchev–Trinajstić information content (AvgIpc) is 2.02. The van der Waals surface area contributed by atoms with Gasteiger partial charge in [0.15, 0.2) is 0 Å². The maximum Gasteiger partial charge on any atom is 0.391 e. The minimum atomic E-state index is -4.10. The summed E-state index contributed by atoms with van der Waals surface area (Å²) in [4.78, 5) is 0. The van der Waals surface area contributed by atoms with E-state index < -0.39 is 12.6 Å². The van der Waals surface area contributed by atoms with Crippen molar-refractivity contribution in [2.75, 3.05) is 18.5 Å². The van der Waals surface area contributed by atoms with E-state index in [9.17, 15) is 13.2 Å². The quantitative estimate of drug-likeness (QED) is 0.508. The Hall–Kier alpha value is 0.230. The molecule has 0 aliphatic carbocycles. The molecule has 0 aromatic rings. The van der Waals surface area contributed by atoms with E-state index in [-0.39, 0.29) is 6.61 Å². The molecule has 0 radical (unpaired) electrons. The predicted octanol–water partition coefficient (Wildman–Crippen LogP) is 3.77. The van der Waals surface area contributed by atoms with Crippen LogP contribution < -0.4 is 0 Å². The molecule has 14 heavy (non-hydrogen) atoms. The molecule has 5 heteroatoms. The van der Waals surface area contributed by atoms with Crippen LogP contribution >= 0.6 is 15.9 Å². The van der Waals surface area contributed by atoms with Crippen LogP contribution in [0.15, 0.2) is 0 Å². The van der Waals surface area contributed by atoms with E-state index >= 15 is 0 Å². The van der Waals surface area contributed by atoms with Crippen molar-refractivity contribution in [2.45, 2.75) is 32.4 Å². The summed E-state index contributed by atoms with van der Waals surface area (Å²) < 4.78 is 39.9. The Morgan fingerprint density at radius 2 is 1.86 bits per heavy atom. The zero-order chi connectivity index (χ0) is 11.0. The van der Waals surface area contributed by atoms with Gasteiger partial charge in [-0.1, -0.05) is 22.9 Å². The van der Waals surface area contributed by atoms with Gasteiger partial charge < -0.3 is 4.74 Å². The predicted molar refractivity (Wildman–Crippen MR) is 53.7 cm³/mol. The van der Waals surface area contributed by atoms with Gasteiger partial charge in [0.05, 0.1) is 13.0 Å². The summed E-state index contributed by atoms with van der Waals surface area (Å²) in [5.74, 6) is 0.500. The molecular formula is C9H16BrF3O. The van der Waals surface area contributed by atoms with Gasteiger partial charge in [0.1, 0.15) is 0 Å². The van der Waals surface area contributed by atoms with Crippen LogP contribution in [0.1, 0.15) is 26.2 Å². The Bertz CT molecular complexity index is 139. The van der Waals surface area contributed by atoms with Crippen LogP contribution in [0, 0.1) is 5.92 Å². The molecule has 0 N–H and O–H groups in total. The van der Waals surface area contributed by atoms with Gasteiger partial charge in [0.2, 0.25) is 0 Å². The third-order valence-corrected chi connectivity index (χ3v) is 2.34. The second kappa shape index (κ2) is 7.51. The lowest BCUT2D eigenvalue weighted by Gasteiger charge is -2.10. The van der Waals surface area contributed by atoms with Crippen molar-refractivity contribution in [3.8, 4) is 0 Å². The first-order chi connectivity index (χ1) is 6.45. The number of hydrogen-bond donors (Lipinski definition) is 0. The largest absolute Gasteiger partial charge is 0.391 e. The van der Waals surface area contributed by atoms with Gasteiger partial charge in [0.25, 0.3) is 0 Å². The third kappa shape index (κ3) is 10.3. The van der Waals surface area contributed by atoms with Crippen molar-refractivity contribution in [1.29, 1.82) is 0 Å². The SMILES string of the molecule is CC(CCBr)CCOCCC(F)(F)F. The molecule has 0 aliphatic rings. The van der Waals surface area contributed by atoms with Crippen molar-refractivity contribution < 1.29 is 17.9 Å². The highest BCUT2D eigenvalue weighted by atomic mass is 79.9. The van der Waals surface area contributed by atoms with Crippen LogP contribution in [0.5, 0.6) is 0 Å². The van der Waals surface area contributed by atoms with E-state index in [1.807, 2.05) is 0 Å². The van der Waals surface area contributed by atoms with E-state index in [4.69, 9.17) is 4.74 Å². The van der Waals surface area contributed by atoms with Crippen LogP contribution in [0.3, 0.4) is 0 Å². The lowest BCUT2D eigenvalue weighted by molar-refractivity contribution is -0.145. The van der Waals surface area contributed by atoms with Crippen molar-refractivity contribution in [2.24, 2.45) is 5.92 Å². The molecule has 0 saturated heterocycles. The van der Waals surface area contributed by atoms with Crippen molar-refractivity contribution >= 4 is 15.9 Å². The standard InChI is InChI=1S/C9H16BrF3O/c1-8(2-5-10)3-6-14-7-4-9(11,12)13/h8H,2-7H2,1H3. The molecule has 0 aromatic carbocycles. The minimum absolute atomic E-state index is 0.218. The van der Waals surface area contributed by atoms with Gasteiger partial charge in [0, 0.05) is 11.9 Å². The second-order valence-corrected chi connectivity index (χ2v) is 4.14. The first-order valence-electron chi connectivity index (χ1n) is 4.66.